The number of hydrogen-bond donors (Lipinski definition) is 2. The second kappa shape index (κ2) is 8.71. The van der Waals surface area contributed by atoms with Crippen molar-refractivity contribution in [1.82, 2.24) is 15.3 Å². The van der Waals surface area contributed by atoms with Gasteiger partial charge in [0.15, 0.2) is 0 Å². The molecule has 0 atom stereocenters. The summed E-state index contributed by atoms with van der Waals surface area (Å²) >= 11 is 0. The van der Waals surface area contributed by atoms with Crippen LogP contribution in [0.2, 0.25) is 0 Å². The summed E-state index contributed by atoms with van der Waals surface area (Å²) < 4.78 is 0. The summed E-state index contributed by atoms with van der Waals surface area (Å²) in [5.74, 6) is -0.626. The van der Waals surface area contributed by atoms with Crippen molar-refractivity contribution in [3.8, 4) is 0 Å². The number of amides is 2. The Bertz CT molecular complexity index is 924. The highest BCUT2D eigenvalue weighted by molar-refractivity contribution is 6.05. The summed E-state index contributed by atoms with van der Waals surface area (Å²) in [5, 5.41) is 5.61. The molecule has 0 unspecified atom stereocenters. The normalized spacial score (nSPS) is 10.3. The second-order valence-electron chi connectivity index (χ2n) is 5.97. The fraction of sp³-hybridized carbons (Fsp3) is 0.143. The smallest absolute Gasteiger partial charge is 0.270 e. The van der Waals surface area contributed by atoms with Crippen LogP contribution in [0.5, 0.6) is 0 Å². The Hall–Kier alpha value is -3.54. The zero-order valence-electron chi connectivity index (χ0n) is 15.0. The van der Waals surface area contributed by atoms with Crippen molar-refractivity contribution in [2.24, 2.45) is 0 Å². The lowest BCUT2D eigenvalue weighted by molar-refractivity contribution is 0.0946. The number of aromatic nitrogens is 2. The highest BCUT2D eigenvalue weighted by Crippen LogP contribution is 2.12. The topological polar surface area (TPSA) is 84.0 Å². The first kappa shape index (κ1) is 18.3. The Balaban J connectivity index is 1.64. The van der Waals surface area contributed by atoms with Gasteiger partial charge in [-0.05, 0) is 53.9 Å². The molecule has 0 saturated carbocycles. The SMILES string of the molecule is CCc1ccc(NC(=O)c2ccnc(C(=O)NCc3ccncc3)c2)cc1. The van der Waals surface area contributed by atoms with Crippen LogP contribution in [0.15, 0.2) is 67.1 Å². The molecule has 1 aromatic carbocycles. The molecule has 0 aliphatic carbocycles. The van der Waals surface area contributed by atoms with E-state index in [1.807, 2.05) is 36.4 Å². The van der Waals surface area contributed by atoms with Crippen LogP contribution in [-0.2, 0) is 13.0 Å². The fourth-order valence-electron chi connectivity index (χ4n) is 2.50. The molecule has 3 rings (SSSR count). The Morgan fingerprint density at radius 3 is 2.33 bits per heavy atom. The van der Waals surface area contributed by atoms with E-state index < -0.39 is 0 Å². The molecule has 0 saturated heterocycles. The van der Waals surface area contributed by atoms with Crippen molar-refractivity contribution in [2.45, 2.75) is 19.9 Å². The maximum absolute atomic E-state index is 12.4. The van der Waals surface area contributed by atoms with Gasteiger partial charge in [0.05, 0.1) is 0 Å². The van der Waals surface area contributed by atoms with Gasteiger partial charge in [-0.15, -0.1) is 0 Å². The molecule has 2 aromatic heterocycles. The molecule has 0 spiro atoms. The number of rotatable bonds is 6. The van der Waals surface area contributed by atoms with Crippen molar-refractivity contribution in [3.05, 3.63) is 89.5 Å². The van der Waals surface area contributed by atoms with Crippen LogP contribution < -0.4 is 10.6 Å². The summed E-state index contributed by atoms with van der Waals surface area (Å²) in [6, 6.07) is 14.4. The van der Waals surface area contributed by atoms with Crippen LogP contribution in [0.1, 0.15) is 38.9 Å². The number of carbonyl (C=O) groups is 2. The lowest BCUT2D eigenvalue weighted by Crippen LogP contribution is -2.24. The molecular weight excluding hydrogens is 340 g/mol. The van der Waals surface area contributed by atoms with E-state index in [-0.39, 0.29) is 17.5 Å². The predicted molar refractivity (Wildman–Crippen MR) is 103 cm³/mol. The van der Waals surface area contributed by atoms with Gasteiger partial charge in [-0.2, -0.15) is 0 Å². The lowest BCUT2D eigenvalue weighted by atomic mass is 10.1. The van der Waals surface area contributed by atoms with Crippen LogP contribution in [-0.4, -0.2) is 21.8 Å². The van der Waals surface area contributed by atoms with Crippen molar-refractivity contribution in [3.63, 3.8) is 0 Å². The highest BCUT2D eigenvalue weighted by atomic mass is 16.2. The minimum absolute atomic E-state index is 0.193. The van der Waals surface area contributed by atoms with Gasteiger partial charge < -0.3 is 10.6 Å². The number of nitrogens with zero attached hydrogens (tertiary/aromatic N) is 2. The number of nitrogens with one attached hydrogen (secondary N) is 2. The first-order valence-corrected chi connectivity index (χ1v) is 8.69. The van der Waals surface area contributed by atoms with E-state index in [2.05, 4.69) is 27.5 Å². The molecule has 0 aliphatic rings. The van der Waals surface area contributed by atoms with Gasteiger partial charge in [0.2, 0.25) is 0 Å². The van der Waals surface area contributed by atoms with Crippen LogP contribution >= 0.6 is 0 Å². The number of anilines is 1. The second-order valence-corrected chi connectivity index (χ2v) is 5.97. The molecule has 0 fully saturated rings. The molecular formula is C21H20N4O2. The van der Waals surface area contributed by atoms with Crippen LogP contribution in [0, 0.1) is 0 Å². The summed E-state index contributed by atoms with van der Waals surface area (Å²) in [6.07, 6.45) is 5.72. The summed E-state index contributed by atoms with van der Waals surface area (Å²) in [7, 11) is 0. The fourth-order valence-corrected chi connectivity index (χ4v) is 2.50. The molecule has 136 valence electrons. The first-order chi connectivity index (χ1) is 13.2. The molecule has 2 heterocycles. The van der Waals surface area contributed by atoms with Crippen molar-refractivity contribution in [2.75, 3.05) is 5.32 Å². The largest absolute Gasteiger partial charge is 0.347 e. The summed E-state index contributed by atoms with van der Waals surface area (Å²) in [4.78, 5) is 32.7. The van der Waals surface area contributed by atoms with Gasteiger partial charge >= 0.3 is 0 Å². The Morgan fingerprint density at radius 1 is 0.889 bits per heavy atom. The maximum atomic E-state index is 12.4. The maximum Gasteiger partial charge on any atom is 0.270 e. The number of benzene rings is 1. The number of carbonyl (C=O) groups excluding carboxylic acids is 2. The number of hydrogen-bond acceptors (Lipinski definition) is 4. The minimum atomic E-state index is -0.339. The van der Waals surface area contributed by atoms with Gasteiger partial charge in [-0.1, -0.05) is 19.1 Å². The van der Waals surface area contributed by atoms with E-state index in [9.17, 15) is 9.59 Å². The van der Waals surface area contributed by atoms with Gasteiger partial charge in [0.1, 0.15) is 5.69 Å². The third-order valence-corrected chi connectivity index (χ3v) is 4.08. The standard InChI is InChI=1S/C21H20N4O2/c1-2-15-3-5-18(6-4-15)25-20(26)17-9-12-23-19(13-17)21(27)24-14-16-7-10-22-11-8-16/h3-13H,2,14H2,1H3,(H,24,27)(H,25,26). The van der Waals surface area contributed by atoms with Gasteiger partial charge in [-0.3, -0.25) is 19.6 Å². The van der Waals surface area contributed by atoms with E-state index in [1.54, 1.807) is 18.5 Å². The van der Waals surface area contributed by atoms with Crippen molar-refractivity contribution >= 4 is 17.5 Å². The summed E-state index contributed by atoms with van der Waals surface area (Å²) in [6.45, 7) is 2.44. The molecule has 6 heteroatoms. The third-order valence-electron chi connectivity index (χ3n) is 4.08. The average molecular weight is 360 g/mol. The van der Waals surface area contributed by atoms with Crippen molar-refractivity contribution < 1.29 is 9.59 Å². The number of pyridine rings is 2. The van der Waals surface area contributed by atoms with E-state index in [0.717, 1.165) is 12.0 Å². The quantitative estimate of drug-likeness (QED) is 0.707. The van der Waals surface area contributed by atoms with Gasteiger partial charge in [0, 0.05) is 36.4 Å². The zero-order valence-corrected chi connectivity index (χ0v) is 15.0. The van der Waals surface area contributed by atoms with Crippen LogP contribution in [0.4, 0.5) is 5.69 Å². The molecule has 6 nitrogen and oxygen atoms in total. The molecule has 3 aromatic rings. The molecule has 2 N–H and O–H groups in total. The Morgan fingerprint density at radius 2 is 1.63 bits per heavy atom. The summed E-state index contributed by atoms with van der Waals surface area (Å²) in [5.41, 5.74) is 3.40. The number of aryl methyl sites for hydroxylation is 1. The third kappa shape index (κ3) is 4.98. The molecule has 0 radical (unpaired) electrons. The van der Waals surface area contributed by atoms with Gasteiger partial charge in [-0.25, -0.2) is 0 Å². The van der Waals surface area contributed by atoms with Gasteiger partial charge in [0.25, 0.3) is 11.8 Å². The first-order valence-electron chi connectivity index (χ1n) is 8.69. The zero-order chi connectivity index (χ0) is 19.1. The van der Waals surface area contributed by atoms with Crippen molar-refractivity contribution in [1.29, 1.82) is 0 Å². The Labute approximate surface area is 157 Å². The monoisotopic (exact) mass is 360 g/mol. The van der Waals surface area contributed by atoms with E-state index >= 15 is 0 Å². The van der Waals surface area contributed by atoms with Crippen LogP contribution in [0.3, 0.4) is 0 Å². The molecule has 27 heavy (non-hydrogen) atoms. The van der Waals surface area contributed by atoms with E-state index in [0.29, 0.717) is 17.8 Å². The predicted octanol–water partition coefficient (Wildman–Crippen LogP) is 3.22. The highest BCUT2D eigenvalue weighted by Gasteiger charge is 2.12. The van der Waals surface area contributed by atoms with Crippen LogP contribution in [0.25, 0.3) is 0 Å². The molecule has 2 amide bonds. The molecule has 0 bridgehead atoms. The molecule has 0 aliphatic heterocycles. The Kier molecular flexibility index (Phi) is 5.89. The lowest BCUT2D eigenvalue weighted by Gasteiger charge is -2.08. The van der Waals surface area contributed by atoms with E-state index in [4.69, 9.17) is 0 Å². The average Bonchev–Trinajstić information content (AvgIpc) is 2.73. The minimum Gasteiger partial charge on any atom is -0.347 e. The van der Waals surface area contributed by atoms with E-state index in [1.165, 1.54) is 17.8 Å².